The van der Waals surface area contributed by atoms with Crippen molar-refractivity contribution < 1.29 is 5.11 Å². The van der Waals surface area contributed by atoms with Crippen LogP contribution in [0, 0.1) is 5.92 Å². The molecule has 0 aliphatic carbocycles. The minimum atomic E-state index is -0.0962. The van der Waals surface area contributed by atoms with Gasteiger partial charge in [-0.3, -0.25) is 0 Å². The summed E-state index contributed by atoms with van der Waals surface area (Å²) in [6.45, 7) is 11.5. The molecule has 0 saturated heterocycles. The molecule has 0 saturated carbocycles. The number of phenols is 1. The van der Waals surface area contributed by atoms with E-state index in [0.717, 1.165) is 17.5 Å². The molecule has 3 heteroatoms. The maximum absolute atomic E-state index is 10.4. The molecule has 3 N–H and O–H groups in total. The Morgan fingerprint density at radius 3 is 1.97 bits per heavy atom. The highest BCUT2D eigenvalue weighted by Gasteiger charge is 2.23. The summed E-state index contributed by atoms with van der Waals surface area (Å²) in [6, 6.07) is 3.99. The van der Waals surface area contributed by atoms with E-state index < -0.39 is 0 Å². The Hall–Kier alpha value is -0.670. The minimum Gasteiger partial charge on any atom is -0.508 e. The number of hydrogen-bond acceptors (Lipinski definition) is 3. The summed E-state index contributed by atoms with van der Waals surface area (Å²) in [5.74, 6) is 1.00. The Kier molecular flexibility index (Phi) is 13.1. The normalized spacial score (nSPS) is 14.1. The van der Waals surface area contributed by atoms with Gasteiger partial charge in [-0.2, -0.15) is 12.6 Å². The Morgan fingerprint density at radius 1 is 0.933 bits per heavy atom. The predicted octanol–water partition coefficient (Wildman–Crippen LogP) is 8.46. The number of unbranched alkanes of at least 4 members (excludes halogenated alkanes) is 9. The standard InChI is InChI=1S/C27H49NOS/c1-6-7-8-9-10-11-12-13-14-15-16-21(2)17-26(30)23-19-24(27(3,4)5)25(29)18-22(23)20-28/h18-19,21,26,29-30H,6-17,20,28H2,1-5H3. The SMILES string of the molecule is CCCCCCCCCCCCC(C)CC(S)c1cc(C(C)(C)C)c(O)cc1CN. The van der Waals surface area contributed by atoms with Crippen molar-refractivity contribution in [3.63, 3.8) is 0 Å². The molecule has 0 aliphatic rings. The zero-order chi connectivity index (χ0) is 22.6. The summed E-state index contributed by atoms with van der Waals surface area (Å²) in [6.07, 6.45) is 16.2. The first-order valence-corrected chi connectivity index (χ1v) is 13.0. The first-order valence-electron chi connectivity index (χ1n) is 12.4. The first-order chi connectivity index (χ1) is 14.2. The average Bonchev–Trinajstić information content (AvgIpc) is 2.68. The highest BCUT2D eigenvalue weighted by molar-refractivity contribution is 7.80. The average molecular weight is 436 g/mol. The molecule has 2 unspecified atom stereocenters. The van der Waals surface area contributed by atoms with E-state index >= 15 is 0 Å². The van der Waals surface area contributed by atoms with Gasteiger partial charge in [0.15, 0.2) is 0 Å². The maximum Gasteiger partial charge on any atom is 0.119 e. The molecule has 0 bridgehead atoms. The summed E-state index contributed by atoms with van der Waals surface area (Å²) in [5.41, 5.74) is 9.07. The van der Waals surface area contributed by atoms with Crippen LogP contribution in [0.2, 0.25) is 0 Å². The highest BCUT2D eigenvalue weighted by Crippen LogP contribution is 2.38. The Balaban J connectivity index is 2.41. The van der Waals surface area contributed by atoms with Crippen molar-refractivity contribution in [1.29, 1.82) is 0 Å². The van der Waals surface area contributed by atoms with Gasteiger partial charge in [0.25, 0.3) is 0 Å². The molecule has 2 nitrogen and oxygen atoms in total. The fraction of sp³-hybridized carbons (Fsp3) is 0.778. The summed E-state index contributed by atoms with van der Waals surface area (Å²) in [7, 11) is 0. The molecule has 1 aromatic rings. The van der Waals surface area contributed by atoms with Crippen molar-refractivity contribution in [2.75, 3.05) is 0 Å². The molecule has 0 spiro atoms. The van der Waals surface area contributed by atoms with Crippen LogP contribution in [0.25, 0.3) is 0 Å². The molecule has 0 amide bonds. The van der Waals surface area contributed by atoms with Crippen LogP contribution in [-0.4, -0.2) is 5.11 Å². The molecular weight excluding hydrogens is 386 g/mol. The van der Waals surface area contributed by atoms with Crippen molar-refractivity contribution in [2.24, 2.45) is 11.7 Å². The van der Waals surface area contributed by atoms with Gasteiger partial charge in [0.2, 0.25) is 0 Å². The molecule has 0 heterocycles. The van der Waals surface area contributed by atoms with Crippen LogP contribution in [0.3, 0.4) is 0 Å². The van der Waals surface area contributed by atoms with Crippen molar-refractivity contribution >= 4 is 12.6 Å². The molecule has 0 fully saturated rings. The third kappa shape index (κ3) is 10.1. The molecule has 1 aromatic carbocycles. The monoisotopic (exact) mass is 435 g/mol. The van der Waals surface area contributed by atoms with E-state index in [4.69, 9.17) is 18.4 Å². The fourth-order valence-electron chi connectivity index (χ4n) is 4.34. The van der Waals surface area contributed by atoms with Crippen LogP contribution < -0.4 is 5.73 Å². The smallest absolute Gasteiger partial charge is 0.119 e. The molecular formula is C27H49NOS. The topological polar surface area (TPSA) is 46.2 Å². The number of aromatic hydroxyl groups is 1. The van der Waals surface area contributed by atoms with Gasteiger partial charge >= 0.3 is 0 Å². The second-order valence-corrected chi connectivity index (χ2v) is 11.0. The summed E-state index contributed by atoms with van der Waals surface area (Å²) in [5, 5.41) is 10.6. The molecule has 2 atom stereocenters. The van der Waals surface area contributed by atoms with Crippen LogP contribution in [0.5, 0.6) is 5.75 Å². The van der Waals surface area contributed by atoms with Gasteiger partial charge < -0.3 is 10.8 Å². The number of rotatable bonds is 15. The van der Waals surface area contributed by atoms with Gasteiger partial charge in [-0.05, 0) is 40.5 Å². The molecule has 0 aliphatic heterocycles. The van der Waals surface area contributed by atoms with Crippen LogP contribution >= 0.6 is 12.6 Å². The zero-order valence-corrected chi connectivity index (χ0v) is 21.4. The quantitative estimate of drug-likeness (QED) is 0.191. The number of nitrogens with two attached hydrogens (primary N) is 1. The van der Waals surface area contributed by atoms with Gasteiger partial charge in [-0.25, -0.2) is 0 Å². The number of phenolic OH excluding ortho intramolecular Hbond substituents is 1. The lowest BCUT2D eigenvalue weighted by Gasteiger charge is -2.25. The summed E-state index contributed by atoms with van der Waals surface area (Å²) in [4.78, 5) is 0. The van der Waals surface area contributed by atoms with Crippen molar-refractivity contribution in [1.82, 2.24) is 0 Å². The molecule has 0 aromatic heterocycles. The largest absolute Gasteiger partial charge is 0.508 e. The molecule has 1 rings (SSSR count). The Morgan fingerprint density at radius 2 is 1.47 bits per heavy atom. The van der Waals surface area contributed by atoms with E-state index in [-0.39, 0.29) is 10.7 Å². The zero-order valence-electron chi connectivity index (χ0n) is 20.5. The lowest BCUT2D eigenvalue weighted by atomic mass is 9.83. The van der Waals surface area contributed by atoms with Crippen molar-refractivity contribution in [3.05, 3.63) is 28.8 Å². The fourth-order valence-corrected chi connectivity index (χ4v) is 4.94. The van der Waals surface area contributed by atoms with E-state index in [1.54, 1.807) is 0 Å². The van der Waals surface area contributed by atoms with Gasteiger partial charge in [0.1, 0.15) is 5.75 Å². The second kappa shape index (κ2) is 14.4. The van der Waals surface area contributed by atoms with Crippen molar-refractivity contribution in [3.8, 4) is 5.75 Å². The van der Waals surface area contributed by atoms with Gasteiger partial charge in [0.05, 0.1) is 0 Å². The molecule has 174 valence electrons. The van der Waals surface area contributed by atoms with Crippen LogP contribution in [0.15, 0.2) is 12.1 Å². The lowest BCUT2D eigenvalue weighted by Crippen LogP contribution is -2.14. The van der Waals surface area contributed by atoms with E-state index in [1.165, 1.54) is 76.2 Å². The van der Waals surface area contributed by atoms with Gasteiger partial charge in [-0.1, -0.05) is 111 Å². The summed E-state index contributed by atoms with van der Waals surface area (Å²) < 4.78 is 0. The number of benzene rings is 1. The van der Waals surface area contributed by atoms with Crippen LogP contribution in [0.4, 0.5) is 0 Å². The van der Waals surface area contributed by atoms with E-state index in [9.17, 15) is 5.11 Å². The van der Waals surface area contributed by atoms with E-state index in [1.807, 2.05) is 6.07 Å². The molecule has 0 radical (unpaired) electrons. The number of hydrogen-bond donors (Lipinski definition) is 3. The minimum absolute atomic E-state index is 0.0962. The first kappa shape index (κ1) is 27.4. The third-order valence-corrected chi connectivity index (χ3v) is 6.81. The van der Waals surface area contributed by atoms with Crippen LogP contribution in [-0.2, 0) is 12.0 Å². The third-order valence-electron chi connectivity index (χ3n) is 6.32. The number of thiol groups is 1. The Bertz CT molecular complexity index is 593. The van der Waals surface area contributed by atoms with Crippen molar-refractivity contribution in [2.45, 2.75) is 129 Å². The van der Waals surface area contributed by atoms with Crippen LogP contribution in [0.1, 0.15) is 134 Å². The van der Waals surface area contributed by atoms with Gasteiger partial charge in [0, 0.05) is 11.8 Å². The molecule has 30 heavy (non-hydrogen) atoms. The Labute approximate surface area is 192 Å². The van der Waals surface area contributed by atoms with Gasteiger partial charge in [-0.15, -0.1) is 0 Å². The van der Waals surface area contributed by atoms with E-state index in [2.05, 4.69) is 40.7 Å². The van der Waals surface area contributed by atoms with E-state index in [0.29, 0.717) is 18.2 Å². The summed E-state index contributed by atoms with van der Waals surface area (Å²) >= 11 is 4.95. The lowest BCUT2D eigenvalue weighted by molar-refractivity contribution is 0.441. The highest BCUT2D eigenvalue weighted by atomic mass is 32.1. The maximum atomic E-state index is 10.4. The second-order valence-electron chi connectivity index (χ2n) is 10.3. The predicted molar refractivity (Wildman–Crippen MR) is 137 cm³/mol.